The van der Waals surface area contributed by atoms with Gasteiger partial charge in [-0.3, -0.25) is 0 Å². The first-order chi connectivity index (χ1) is 11.1. The van der Waals surface area contributed by atoms with Gasteiger partial charge in [-0.25, -0.2) is 4.79 Å². The van der Waals surface area contributed by atoms with E-state index in [9.17, 15) is 4.79 Å². The molecule has 0 saturated carbocycles. The monoisotopic (exact) mass is 372 g/mol. The lowest BCUT2D eigenvalue weighted by molar-refractivity contribution is 0.0157. The lowest BCUT2D eigenvalue weighted by Crippen LogP contribution is -2.53. The van der Waals surface area contributed by atoms with Crippen molar-refractivity contribution in [2.75, 3.05) is 13.1 Å². The fraction of sp³-hybridized carbons (Fsp3) is 0.611. The molecule has 1 fully saturated rings. The standard InChI is InChI=1S/C18H26Cl2N2O2/c1-17(2,3)24-16(23)22-9-7-18(4,8-10-22)21-12-13-5-6-14(19)15(20)11-13/h5-6,11,21H,7-10,12H2,1-4H3. The highest BCUT2D eigenvalue weighted by Crippen LogP contribution is 2.26. The van der Waals surface area contributed by atoms with Crippen LogP contribution >= 0.6 is 23.2 Å². The van der Waals surface area contributed by atoms with E-state index in [4.69, 9.17) is 27.9 Å². The molecule has 24 heavy (non-hydrogen) atoms. The number of hydrogen-bond donors (Lipinski definition) is 1. The molecule has 134 valence electrons. The zero-order valence-electron chi connectivity index (χ0n) is 14.8. The second-order valence-electron chi connectivity index (χ2n) is 7.63. The van der Waals surface area contributed by atoms with E-state index in [1.807, 2.05) is 39.0 Å². The van der Waals surface area contributed by atoms with Gasteiger partial charge in [0.1, 0.15) is 5.60 Å². The first-order valence-corrected chi connectivity index (χ1v) is 9.00. The van der Waals surface area contributed by atoms with Crippen LogP contribution in [0.2, 0.25) is 10.0 Å². The lowest BCUT2D eigenvalue weighted by Gasteiger charge is -2.40. The van der Waals surface area contributed by atoms with Crippen molar-refractivity contribution in [3.63, 3.8) is 0 Å². The van der Waals surface area contributed by atoms with Crippen LogP contribution in [0.5, 0.6) is 0 Å². The van der Waals surface area contributed by atoms with Gasteiger partial charge in [0.05, 0.1) is 10.0 Å². The number of benzene rings is 1. The summed E-state index contributed by atoms with van der Waals surface area (Å²) >= 11 is 12.0. The third-order valence-electron chi connectivity index (χ3n) is 4.22. The quantitative estimate of drug-likeness (QED) is 0.822. The predicted molar refractivity (Wildman–Crippen MR) is 98.7 cm³/mol. The van der Waals surface area contributed by atoms with E-state index in [0.717, 1.165) is 24.9 Å². The molecule has 1 aliphatic heterocycles. The van der Waals surface area contributed by atoms with Gasteiger partial charge in [0.15, 0.2) is 0 Å². The van der Waals surface area contributed by atoms with E-state index in [-0.39, 0.29) is 11.6 Å². The van der Waals surface area contributed by atoms with E-state index >= 15 is 0 Å². The third kappa shape index (κ3) is 5.54. The molecule has 1 saturated heterocycles. The average molecular weight is 373 g/mol. The number of halogens is 2. The fourth-order valence-electron chi connectivity index (χ4n) is 2.65. The third-order valence-corrected chi connectivity index (χ3v) is 4.96. The van der Waals surface area contributed by atoms with Crippen LogP contribution in [-0.4, -0.2) is 35.2 Å². The highest BCUT2D eigenvalue weighted by atomic mass is 35.5. The van der Waals surface area contributed by atoms with Gasteiger partial charge in [0.2, 0.25) is 0 Å². The van der Waals surface area contributed by atoms with Crippen LogP contribution in [0.4, 0.5) is 4.79 Å². The molecule has 1 N–H and O–H groups in total. The molecule has 0 radical (unpaired) electrons. The summed E-state index contributed by atoms with van der Waals surface area (Å²) < 4.78 is 5.44. The Kier molecular flexibility index (Phi) is 6.05. The van der Waals surface area contributed by atoms with Gasteiger partial charge >= 0.3 is 6.09 Å². The summed E-state index contributed by atoms with van der Waals surface area (Å²) in [5, 5.41) is 4.73. The molecule has 1 aromatic carbocycles. The topological polar surface area (TPSA) is 41.6 Å². The number of piperidine rings is 1. The summed E-state index contributed by atoms with van der Waals surface area (Å²) in [6, 6.07) is 5.67. The summed E-state index contributed by atoms with van der Waals surface area (Å²) in [6.45, 7) is 9.96. The van der Waals surface area contributed by atoms with E-state index in [2.05, 4.69) is 12.2 Å². The molecule has 0 aliphatic carbocycles. The second-order valence-corrected chi connectivity index (χ2v) is 8.44. The molecular weight excluding hydrogens is 347 g/mol. The van der Waals surface area contributed by atoms with Crippen molar-refractivity contribution < 1.29 is 9.53 Å². The van der Waals surface area contributed by atoms with Crippen LogP contribution in [0, 0.1) is 0 Å². The second kappa shape index (κ2) is 7.51. The van der Waals surface area contributed by atoms with E-state index in [1.165, 1.54) is 0 Å². The van der Waals surface area contributed by atoms with Crippen molar-refractivity contribution in [2.45, 2.75) is 58.2 Å². The van der Waals surface area contributed by atoms with Gasteiger partial charge in [-0.1, -0.05) is 29.3 Å². The molecule has 1 heterocycles. The maximum absolute atomic E-state index is 12.1. The van der Waals surface area contributed by atoms with Crippen molar-refractivity contribution >= 4 is 29.3 Å². The number of amides is 1. The molecule has 0 spiro atoms. The van der Waals surface area contributed by atoms with Crippen molar-refractivity contribution in [3.8, 4) is 0 Å². The normalized spacial score (nSPS) is 17.7. The van der Waals surface area contributed by atoms with Crippen molar-refractivity contribution in [1.29, 1.82) is 0 Å². The maximum atomic E-state index is 12.1. The summed E-state index contributed by atoms with van der Waals surface area (Å²) in [6.07, 6.45) is 1.54. The highest BCUT2D eigenvalue weighted by molar-refractivity contribution is 6.42. The lowest BCUT2D eigenvalue weighted by atomic mass is 9.89. The number of likely N-dealkylation sites (tertiary alicyclic amines) is 1. The Bertz CT molecular complexity index is 591. The molecule has 6 heteroatoms. The van der Waals surface area contributed by atoms with Crippen LogP contribution in [0.15, 0.2) is 18.2 Å². The van der Waals surface area contributed by atoms with Crippen molar-refractivity contribution in [3.05, 3.63) is 33.8 Å². The molecule has 0 unspecified atom stereocenters. The summed E-state index contributed by atoms with van der Waals surface area (Å²) in [5.74, 6) is 0. The zero-order valence-corrected chi connectivity index (χ0v) is 16.3. The van der Waals surface area contributed by atoms with Crippen LogP contribution in [0.1, 0.15) is 46.1 Å². The Hall–Kier alpha value is -0.970. The summed E-state index contributed by atoms with van der Waals surface area (Å²) in [7, 11) is 0. The van der Waals surface area contributed by atoms with Gasteiger partial charge in [0, 0.05) is 25.2 Å². The summed E-state index contributed by atoms with van der Waals surface area (Å²) in [5.41, 5.74) is 0.634. The first kappa shape index (κ1) is 19.4. The smallest absolute Gasteiger partial charge is 0.410 e. The van der Waals surface area contributed by atoms with Gasteiger partial charge in [-0.2, -0.15) is 0 Å². The maximum Gasteiger partial charge on any atom is 0.410 e. The van der Waals surface area contributed by atoms with E-state index in [1.54, 1.807) is 4.90 Å². The minimum atomic E-state index is -0.454. The van der Waals surface area contributed by atoms with Crippen molar-refractivity contribution in [2.24, 2.45) is 0 Å². The average Bonchev–Trinajstić information content (AvgIpc) is 2.47. The number of rotatable bonds is 3. The molecule has 1 aromatic rings. The molecule has 1 amide bonds. The Morgan fingerprint density at radius 1 is 1.25 bits per heavy atom. The molecule has 0 atom stereocenters. The molecular formula is C18H26Cl2N2O2. The Morgan fingerprint density at radius 2 is 1.88 bits per heavy atom. The first-order valence-electron chi connectivity index (χ1n) is 8.25. The SMILES string of the molecule is CC1(NCc2ccc(Cl)c(Cl)c2)CCN(C(=O)OC(C)(C)C)CC1. The van der Waals surface area contributed by atoms with Crippen LogP contribution < -0.4 is 5.32 Å². The number of hydrogen-bond acceptors (Lipinski definition) is 3. The number of carbonyl (C=O) groups excluding carboxylic acids is 1. The van der Waals surface area contributed by atoms with E-state index in [0.29, 0.717) is 23.1 Å². The molecule has 0 bridgehead atoms. The highest BCUT2D eigenvalue weighted by Gasteiger charge is 2.33. The molecule has 4 nitrogen and oxygen atoms in total. The minimum absolute atomic E-state index is 0.00930. The van der Waals surface area contributed by atoms with Gasteiger partial charge in [-0.05, 0) is 58.2 Å². The molecule has 2 rings (SSSR count). The molecule has 1 aliphatic rings. The van der Waals surface area contributed by atoms with Crippen LogP contribution in [0.25, 0.3) is 0 Å². The van der Waals surface area contributed by atoms with Gasteiger partial charge < -0.3 is 15.0 Å². The Labute approximate surface area is 154 Å². The number of ether oxygens (including phenoxy) is 1. The van der Waals surface area contributed by atoms with Gasteiger partial charge in [0.25, 0.3) is 0 Å². The van der Waals surface area contributed by atoms with Crippen molar-refractivity contribution in [1.82, 2.24) is 10.2 Å². The number of nitrogens with zero attached hydrogens (tertiary/aromatic N) is 1. The Morgan fingerprint density at radius 3 is 2.42 bits per heavy atom. The van der Waals surface area contributed by atoms with Crippen LogP contribution in [-0.2, 0) is 11.3 Å². The largest absolute Gasteiger partial charge is 0.444 e. The predicted octanol–water partition coefficient (Wildman–Crippen LogP) is 4.87. The number of carbonyl (C=O) groups is 1. The van der Waals surface area contributed by atoms with Gasteiger partial charge in [-0.15, -0.1) is 0 Å². The zero-order chi connectivity index (χ0) is 18.0. The van der Waals surface area contributed by atoms with E-state index < -0.39 is 5.60 Å². The fourth-order valence-corrected chi connectivity index (χ4v) is 2.97. The minimum Gasteiger partial charge on any atom is -0.444 e. The molecule has 0 aromatic heterocycles. The summed E-state index contributed by atoms with van der Waals surface area (Å²) in [4.78, 5) is 13.9. The van der Waals surface area contributed by atoms with Crippen LogP contribution in [0.3, 0.4) is 0 Å². The Balaban J connectivity index is 1.85. The number of nitrogens with one attached hydrogen (secondary N) is 1.